The number of nitro benzene ring substituents is 1. The van der Waals surface area contributed by atoms with Crippen LogP contribution in [0.2, 0.25) is 0 Å². The Morgan fingerprint density at radius 3 is 2.56 bits per heavy atom. The highest BCUT2D eigenvalue weighted by molar-refractivity contribution is 8.18. The topological polar surface area (TPSA) is 93.4 Å². The Labute approximate surface area is 147 Å². The second-order valence-electron chi connectivity index (χ2n) is 5.40. The van der Waals surface area contributed by atoms with Crippen LogP contribution in [0.1, 0.15) is 17.0 Å². The van der Waals surface area contributed by atoms with Gasteiger partial charge in [0.05, 0.1) is 22.1 Å². The number of pyridine rings is 1. The zero-order chi connectivity index (χ0) is 18.0. The first-order chi connectivity index (χ1) is 11.9. The second-order valence-corrected chi connectivity index (χ2v) is 6.39. The lowest BCUT2D eigenvalue weighted by atomic mass is 10.2. The molecule has 1 aliphatic rings. The van der Waals surface area contributed by atoms with Gasteiger partial charge in [-0.05, 0) is 42.5 Å². The first kappa shape index (κ1) is 16.8. The van der Waals surface area contributed by atoms with Gasteiger partial charge in [-0.3, -0.25) is 29.6 Å². The molecule has 0 unspecified atom stereocenters. The van der Waals surface area contributed by atoms with Crippen molar-refractivity contribution in [2.24, 2.45) is 0 Å². The van der Waals surface area contributed by atoms with Crippen LogP contribution < -0.4 is 0 Å². The summed E-state index contributed by atoms with van der Waals surface area (Å²) >= 11 is 0.860. The van der Waals surface area contributed by atoms with Crippen LogP contribution in [0.4, 0.5) is 10.5 Å². The van der Waals surface area contributed by atoms with Crippen molar-refractivity contribution in [3.8, 4) is 0 Å². The largest absolute Gasteiger partial charge is 0.293 e. The average molecular weight is 355 g/mol. The Balaban J connectivity index is 1.78. The number of carbonyl (C=O) groups excluding carboxylic acids is 2. The van der Waals surface area contributed by atoms with Crippen molar-refractivity contribution < 1.29 is 14.5 Å². The number of aryl methyl sites for hydroxylation is 1. The molecule has 2 aromatic rings. The van der Waals surface area contributed by atoms with Crippen LogP contribution in [0.25, 0.3) is 6.08 Å². The van der Waals surface area contributed by atoms with Crippen molar-refractivity contribution in [3.63, 3.8) is 0 Å². The highest BCUT2D eigenvalue weighted by Crippen LogP contribution is 2.33. The maximum Gasteiger partial charge on any atom is 0.293 e. The SMILES string of the molecule is Cc1cccc(/C=C2\SC(=O)N(Cc3ccc([N+](=O)[O-])cc3)C2=O)n1. The van der Waals surface area contributed by atoms with E-state index in [1.54, 1.807) is 12.1 Å². The zero-order valence-electron chi connectivity index (χ0n) is 13.2. The molecule has 25 heavy (non-hydrogen) atoms. The molecule has 1 aliphatic heterocycles. The van der Waals surface area contributed by atoms with Gasteiger partial charge < -0.3 is 0 Å². The van der Waals surface area contributed by atoms with Crippen molar-refractivity contribution >= 4 is 34.7 Å². The molecule has 0 spiro atoms. The lowest BCUT2D eigenvalue weighted by molar-refractivity contribution is -0.384. The highest BCUT2D eigenvalue weighted by Gasteiger charge is 2.35. The minimum absolute atomic E-state index is 0.0386. The summed E-state index contributed by atoms with van der Waals surface area (Å²) in [4.78, 5) is 40.5. The van der Waals surface area contributed by atoms with E-state index < -0.39 is 10.8 Å². The van der Waals surface area contributed by atoms with Crippen LogP contribution in [-0.4, -0.2) is 26.0 Å². The summed E-state index contributed by atoms with van der Waals surface area (Å²) in [6, 6.07) is 11.2. The molecular formula is C17H13N3O4S. The van der Waals surface area contributed by atoms with Crippen molar-refractivity contribution in [2.45, 2.75) is 13.5 Å². The Morgan fingerprint density at radius 2 is 1.92 bits per heavy atom. The van der Waals surface area contributed by atoms with E-state index in [1.807, 2.05) is 19.1 Å². The molecule has 3 rings (SSSR count). The number of aromatic nitrogens is 1. The number of rotatable bonds is 4. The average Bonchev–Trinajstić information content (AvgIpc) is 2.83. The summed E-state index contributed by atoms with van der Waals surface area (Å²) in [5.74, 6) is -0.392. The molecule has 2 amide bonds. The van der Waals surface area contributed by atoms with Gasteiger partial charge in [-0.1, -0.05) is 18.2 Å². The number of thioether (sulfide) groups is 1. The number of imide groups is 1. The maximum atomic E-state index is 12.5. The molecule has 0 bridgehead atoms. The molecule has 7 nitrogen and oxygen atoms in total. The molecule has 0 radical (unpaired) electrons. The number of benzene rings is 1. The van der Waals surface area contributed by atoms with Crippen molar-refractivity contribution in [1.82, 2.24) is 9.88 Å². The fourth-order valence-corrected chi connectivity index (χ4v) is 3.14. The number of hydrogen-bond donors (Lipinski definition) is 0. The van der Waals surface area contributed by atoms with E-state index in [9.17, 15) is 19.7 Å². The molecule has 1 saturated heterocycles. The van der Waals surface area contributed by atoms with Crippen LogP contribution in [0.15, 0.2) is 47.4 Å². The van der Waals surface area contributed by atoms with Crippen LogP contribution in [0.5, 0.6) is 0 Å². The Morgan fingerprint density at radius 1 is 1.20 bits per heavy atom. The van der Waals surface area contributed by atoms with E-state index >= 15 is 0 Å². The molecule has 126 valence electrons. The summed E-state index contributed by atoms with van der Waals surface area (Å²) in [5.41, 5.74) is 2.03. The van der Waals surface area contributed by atoms with Gasteiger partial charge in [0.1, 0.15) is 0 Å². The van der Waals surface area contributed by atoms with Crippen LogP contribution in [0, 0.1) is 17.0 Å². The summed E-state index contributed by atoms with van der Waals surface area (Å²) in [7, 11) is 0. The first-order valence-corrected chi connectivity index (χ1v) is 8.18. The third kappa shape index (κ3) is 3.74. The molecular weight excluding hydrogens is 342 g/mol. The Hall–Kier alpha value is -3.00. The summed E-state index contributed by atoms with van der Waals surface area (Å²) < 4.78 is 0. The molecule has 8 heteroatoms. The van der Waals surface area contributed by atoms with Crippen LogP contribution in [0.3, 0.4) is 0 Å². The lowest BCUT2D eigenvalue weighted by Gasteiger charge is -2.12. The van der Waals surface area contributed by atoms with Gasteiger partial charge in [-0.25, -0.2) is 0 Å². The maximum absolute atomic E-state index is 12.5. The second kappa shape index (κ2) is 6.86. The van der Waals surface area contributed by atoms with E-state index in [0.717, 1.165) is 22.4 Å². The molecule has 1 aromatic carbocycles. The van der Waals surface area contributed by atoms with Gasteiger partial charge in [0, 0.05) is 17.8 Å². The smallest absolute Gasteiger partial charge is 0.268 e. The number of non-ortho nitro benzene ring substituents is 1. The standard InChI is InChI=1S/C17H13N3O4S/c1-11-3-2-4-13(18-11)9-15-16(21)19(17(22)25-15)10-12-5-7-14(8-6-12)20(23)24/h2-9H,10H2,1H3/b15-9-. The van der Waals surface area contributed by atoms with Gasteiger partial charge in [-0.15, -0.1) is 0 Å². The van der Waals surface area contributed by atoms with Gasteiger partial charge in [0.2, 0.25) is 0 Å². The first-order valence-electron chi connectivity index (χ1n) is 7.36. The molecule has 2 heterocycles. The van der Waals surface area contributed by atoms with Crippen molar-refractivity contribution in [2.75, 3.05) is 0 Å². The quantitative estimate of drug-likeness (QED) is 0.473. The number of nitro groups is 1. The zero-order valence-corrected chi connectivity index (χ0v) is 14.0. The van der Waals surface area contributed by atoms with Gasteiger partial charge in [0.25, 0.3) is 16.8 Å². The van der Waals surface area contributed by atoms with Gasteiger partial charge >= 0.3 is 0 Å². The van der Waals surface area contributed by atoms with Crippen molar-refractivity contribution in [3.05, 3.63) is 74.4 Å². The molecule has 0 N–H and O–H groups in total. The minimum atomic E-state index is -0.499. The summed E-state index contributed by atoms with van der Waals surface area (Å²) in [6.07, 6.45) is 1.59. The van der Waals surface area contributed by atoms with E-state index in [0.29, 0.717) is 16.2 Å². The fraction of sp³-hybridized carbons (Fsp3) is 0.118. The van der Waals surface area contributed by atoms with E-state index in [-0.39, 0.29) is 17.5 Å². The van der Waals surface area contributed by atoms with Crippen LogP contribution in [-0.2, 0) is 11.3 Å². The van der Waals surface area contributed by atoms with Gasteiger partial charge in [0.15, 0.2) is 0 Å². The summed E-state index contributed by atoms with van der Waals surface area (Å²) in [5, 5.41) is 10.3. The predicted octanol–water partition coefficient (Wildman–Crippen LogP) is 3.53. The van der Waals surface area contributed by atoms with Gasteiger partial charge in [-0.2, -0.15) is 0 Å². The number of carbonyl (C=O) groups is 2. The molecule has 0 saturated carbocycles. The van der Waals surface area contributed by atoms with E-state index in [4.69, 9.17) is 0 Å². The number of hydrogen-bond acceptors (Lipinski definition) is 6. The van der Waals surface area contributed by atoms with Crippen LogP contribution >= 0.6 is 11.8 Å². The normalized spacial score (nSPS) is 15.9. The molecule has 1 aromatic heterocycles. The fourth-order valence-electron chi connectivity index (χ4n) is 2.32. The number of nitrogens with zero attached hydrogens (tertiary/aromatic N) is 3. The minimum Gasteiger partial charge on any atom is -0.268 e. The predicted molar refractivity (Wildman–Crippen MR) is 93.6 cm³/mol. The molecule has 1 fully saturated rings. The Kier molecular flexibility index (Phi) is 4.62. The van der Waals surface area contributed by atoms with E-state index in [2.05, 4.69) is 4.98 Å². The summed E-state index contributed by atoms with van der Waals surface area (Å²) in [6.45, 7) is 1.92. The lowest BCUT2D eigenvalue weighted by Crippen LogP contribution is -2.27. The third-order valence-electron chi connectivity index (χ3n) is 3.55. The molecule has 0 aliphatic carbocycles. The molecule has 0 atom stereocenters. The third-order valence-corrected chi connectivity index (χ3v) is 4.46. The Bertz CT molecular complexity index is 893. The van der Waals surface area contributed by atoms with E-state index in [1.165, 1.54) is 24.3 Å². The van der Waals surface area contributed by atoms with Crippen molar-refractivity contribution in [1.29, 1.82) is 0 Å². The number of amides is 2. The highest BCUT2D eigenvalue weighted by atomic mass is 32.2. The monoisotopic (exact) mass is 355 g/mol.